The number of hydrogen-bond donors (Lipinski definition) is 2. The zero-order valence-electron chi connectivity index (χ0n) is 10.7. The molecule has 0 aromatic carbocycles. The van der Waals surface area contributed by atoms with Crippen LogP contribution in [0.5, 0.6) is 0 Å². The van der Waals surface area contributed by atoms with Gasteiger partial charge in [0.25, 0.3) is 0 Å². The number of carboxylic acid groups (broad SMARTS) is 1. The number of rotatable bonds is 7. The van der Waals surface area contributed by atoms with Crippen LogP contribution in [0, 0.1) is 5.92 Å². The molecule has 0 aliphatic heterocycles. The number of hydrogen-bond acceptors (Lipinski definition) is 3. The predicted octanol–water partition coefficient (Wildman–Crippen LogP) is 0.889. The minimum Gasteiger partial charge on any atom is -0.480 e. The molecule has 0 saturated carbocycles. The van der Waals surface area contributed by atoms with Crippen molar-refractivity contribution >= 4 is 11.9 Å². The molecule has 6 heteroatoms. The van der Waals surface area contributed by atoms with Crippen LogP contribution in [-0.2, 0) is 16.1 Å². The maximum atomic E-state index is 11.6. The second-order valence-corrected chi connectivity index (χ2v) is 4.64. The summed E-state index contributed by atoms with van der Waals surface area (Å²) in [5, 5.41) is 11.5. The molecule has 0 aliphatic carbocycles. The van der Waals surface area contributed by atoms with Gasteiger partial charge in [-0.3, -0.25) is 4.79 Å². The molecule has 2 N–H and O–H groups in total. The Morgan fingerprint density at radius 2 is 2.17 bits per heavy atom. The molecule has 1 aromatic heterocycles. The Morgan fingerprint density at radius 1 is 1.44 bits per heavy atom. The molecular formula is C12H19N3O3. The highest BCUT2D eigenvalue weighted by molar-refractivity contribution is 5.83. The third kappa shape index (κ3) is 4.99. The molecule has 0 saturated heterocycles. The summed E-state index contributed by atoms with van der Waals surface area (Å²) >= 11 is 0. The number of imidazole rings is 1. The van der Waals surface area contributed by atoms with Crippen molar-refractivity contribution in [3.8, 4) is 0 Å². The number of aliphatic carboxylic acids is 1. The van der Waals surface area contributed by atoms with Gasteiger partial charge in [-0.25, -0.2) is 9.78 Å². The maximum absolute atomic E-state index is 11.6. The molecule has 1 aromatic rings. The summed E-state index contributed by atoms with van der Waals surface area (Å²) < 4.78 is 1.78. The zero-order valence-corrected chi connectivity index (χ0v) is 10.7. The molecule has 0 unspecified atom stereocenters. The van der Waals surface area contributed by atoms with Crippen molar-refractivity contribution in [2.45, 2.75) is 39.3 Å². The summed E-state index contributed by atoms with van der Waals surface area (Å²) in [7, 11) is 0. The van der Waals surface area contributed by atoms with Gasteiger partial charge in [0.2, 0.25) is 5.91 Å². The molecule has 0 aliphatic rings. The molecule has 1 rings (SSSR count). The van der Waals surface area contributed by atoms with Crippen molar-refractivity contribution in [3.63, 3.8) is 0 Å². The fourth-order valence-corrected chi connectivity index (χ4v) is 1.61. The van der Waals surface area contributed by atoms with Gasteiger partial charge in [-0.15, -0.1) is 0 Å². The number of aromatic nitrogens is 2. The largest absolute Gasteiger partial charge is 0.480 e. The summed E-state index contributed by atoms with van der Waals surface area (Å²) in [6.45, 7) is 4.35. The Morgan fingerprint density at radius 3 is 2.67 bits per heavy atom. The van der Waals surface area contributed by atoms with Crippen molar-refractivity contribution < 1.29 is 14.7 Å². The second kappa shape index (κ2) is 6.78. The molecule has 0 radical (unpaired) electrons. The number of nitrogens with one attached hydrogen (secondary N) is 1. The first kappa shape index (κ1) is 14.2. The molecule has 1 heterocycles. The van der Waals surface area contributed by atoms with Gasteiger partial charge in [0, 0.05) is 25.4 Å². The van der Waals surface area contributed by atoms with Crippen molar-refractivity contribution in [2.24, 2.45) is 5.92 Å². The summed E-state index contributed by atoms with van der Waals surface area (Å²) in [6, 6.07) is -0.805. The van der Waals surface area contributed by atoms with Gasteiger partial charge < -0.3 is 15.0 Å². The Labute approximate surface area is 106 Å². The quantitative estimate of drug-likeness (QED) is 0.755. The van der Waals surface area contributed by atoms with Crippen LogP contribution in [0.25, 0.3) is 0 Å². The number of amides is 1. The highest BCUT2D eigenvalue weighted by Crippen LogP contribution is 2.05. The third-order valence-corrected chi connectivity index (χ3v) is 2.50. The van der Waals surface area contributed by atoms with E-state index in [1.165, 1.54) is 0 Å². The molecule has 0 fully saturated rings. The molecule has 0 bridgehead atoms. The lowest BCUT2D eigenvalue weighted by molar-refractivity contribution is -0.142. The Kier molecular flexibility index (Phi) is 5.35. The fraction of sp³-hybridized carbons (Fsp3) is 0.583. The highest BCUT2D eigenvalue weighted by Gasteiger charge is 2.20. The molecule has 100 valence electrons. The average Bonchev–Trinajstić information content (AvgIpc) is 2.77. The summed E-state index contributed by atoms with van der Waals surface area (Å²) in [5.74, 6) is -1.02. The van der Waals surface area contributed by atoms with E-state index in [4.69, 9.17) is 5.11 Å². The SMILES string of the molecule is CC(C)C[C@@H](NC(=O)CCn1ccnc1)C(=O)O. The van der Waals surface area contributed by atoms with Gasteiger partial charge in [-0.1, -0.05) is 13.8 Å². The van der Waals surface area contributed by atoms with Gasteiger partial charge in [0.15, 0.2) is 0 Å². The van der Waals surface area contributed by atoms with E-state index in [0.29, 0.717) is 13.0 Å². The van der Waals surface area contributed by atoms with Crippen molar-refractivity contribution in [1.29, 1.82) is 0 Å². The Balaban J connectivity index is 2.39. The minimum absolute atomic E-state index is 0.222. The normalized spacial score (nSPS) is 12.4. The van der Waals surface area contributed by atoms with Crippen LogP contribution < -0.4 is 5.32 Å². The molecule has 0 spiro atoms. The lowest BCUT2D eigenvalue weighted by Crippen LogP contribution is -2.41. The maximum Gasteiger partial charge on any atom is 0.326 e. The number of carbonyl (C=O) groups is 2. The van der Waals surface area contributed by atoms with Crippen molar-refractivity contribution in [3.05, 3.63) is 18.7 Å². The predicted molar refractivity (Wildman–Crippen MR) is 65.9 cm³/mol. The van der Waals surface area contributed by atoms with Gasteiger partial charge in [-0.05, 0) is 12.3 Å². The van der Waals surface area contributed by atoms with E-state index < -0.39 is 12.0 Å². The van der Waals surface area contributed by atoms with Gasteiger partial charge in [-0.2, -0.15) is 0 Å². The number of carbonyl (C=O) groups excluding carboxylic acids is 1. The lowest BCUT2D eigenvalue weighted by Gasteiger charge is -2.16. The van der Waals surface area contributed by atoms with Crippen LogP contribution in [0.1, 0.15) is 26.7 Å². The zero-order chi connectivity index (χ0) is 13.5. The summed E-state index contributed by atoms with van der Waals surface area (Å²) in [5.41, 5.74) is 0. The molecule has 18 heavy (non-hydrogen) atoms. The Hall–Kier alpha value is -1.85. The van der Waals surface area contributed by atoms with Crippen LogP contribution in [0.4, 0.5) is 0 Å². The molecule has 1 atom stereocenters. The van der Waals surface area contributed by atoms with Gasteiger partial charge in [0.05, 0.1) is 6.33 Å². The van der Waals surface area contributed by atoms with Crippen LogP contribution in [-0.4, -0.2) is 32.6 Å². The third-order valence-electron chi connectivity index (χ3n) is 2.50. The minimum atomic E-state index is -0.986. The van der Waals surface area contributed by atoms with E-state index in [0.717, 1.165) is 0 Å². The van der Waals surface area contributed by atoms with E-state index in [9.17, 15) is 9.59 Å². The first-order chi connectivity index (χ1) is 8.49. The smallest absolute Gasteiger partial charge is 0.326 e. The van der Waals surface area contributed by atoms with E-state index in [2.05, 4.69) is 10.3 Å². The average molecular weight is 253 g/mol. The number of nitrogens with zero attached hydrogens (tertiary/aromatic N) is 2. The van der Waals surface area contributed by atoms with Crippen LogP contribution >= 0.6 is 0 Å². The highest BCUT2D eigenvalue weighted by atomic mass is 16.4. The first-order valence-corrected chi connectivity index (χ1v) is 5.97. The van der Waals surface area contributed by atoms with Gasteiger partial charge in [0.1, 0.15) is 6.04 Å². The standard InChI is InChI=1S/C12H19N3O3/c1-9(2)7-10(12(17)18)14-11(16)3-5-15-6-4-13-8-15/h4,6,8-10H,3,5,7H2,1-2H3,(H,14,16)(H,17,18)/t10-/m1/s1. The van der Waals surface area contributed by atoms with E-state index >= 15 is 0 Å². The monoisotopic (exact) mass is 253 g/mol. The first-order valence-electron chi connectivity index (χ1n) is 5.97. The molecule has 6 nitrogen and oxygen atoms in total. The lowest BCUT2D eigenvalue weighted by atomic mass is 10.0. The van der Waals surface area contributed by atoms with Crippen LogP contribution in [0.2, 0.25) is 0 Å². The molecular weight excluding hydrogens is 234 g/mol. The summed E-state index contributed by atoms with van der Waals surface area (Å²) in [4.78, 5) is 26.5. The Bertz CT molecular complexity index is 387. The van der Waals surface area contributed by atoms with Crippen LogP contribution in [0.3, 0.4) is 0 Å². The fourth-order valence-electron chi connectivity index (χ4n) is 1.61. The second-order valence-electron chi connectivity index (χ2n) is 4.64. The topological polar surface area (TPSA) is 84.2 Å². The van der Waals surface area contributed by atoms with Gasteiger partial charge >= 0.3 is 5.97 Å². The van der Waals surface area contributed by atoms with Crippen molar-refractivity contribution in [1.82, 2.24) is 14.9 Å². The number of carboxylic acids is 1. The van der Waals surface area contributed by atoms with Crippen LogP contribution in [0.15, 0.2) is 18.7 Å². The van der Waals surface area contributed by atoms with E-state index in [1.54, 1.807) is 23.3 Å². The van der Waals surface area contributed by atoms with E-state index in [1.807, 2.05) is 13.8 Å². The molecule has 1 amide bonds. The van der Waals surface area contributed by atoms with E-state index in [-0.39, 0.29) is 18.2 Å². The summed E-state index contributed by atoms with van der Waals surface area (Å²) in [6.07, 6.45) is 5.70. The number of aryl methyl sites for hydroxylation is 1. The van der Waals surface area contributed by atoms with Crippen molar-refractivity contribution in [2.75, 3.05) is 0 Å².